The Hall–Kier alpha value is -1.88. The molecule has 2 aliphatic rings. The molecule has 0 spiro atoms. The third-order valence-electron chi connectivity index (χ3n) is 5.54. The Morgan fingerprint density at radius 2 is 1.96 bits per heavy atom. The Balaban J connectivity index is 1.64. The summed E-state index contributed by atoms with van der Waals surface area (Å²) in [5.41, 5.74) is 2.44. The van der Waals surface area contributed by atoms with Gasteiger partial charge < -0.3 is 15.3 Å². The Kier molecular flexibility index (Phi) is 5.74. The van der Waals surface area contributed by atoms with Gasteiger partial charge in [-0.15, -0.1) is 0 Å². The number of carbonyl (C=O) groups is 2. The summed E-state index contributed by atoms with van der Waals surface area (Å²) in [4.78, 5) is 27.0. The van der Waals surface area contributed by atoms with Crippen molar-refractivity contribution in [1.29, 1.82) is 0 Å². The fourth-order valence-corrected chi connectivity index (χ4v) is 3.97. The zero-order chi connectivity index (χ0) is 17.8. The van der Waals surface area contributed by atoms with E-state index in [0.29, 0.717) is 19.0 Å². The maximum atomic E-state index is 12.7. The lowest BCUT2D eigenvalue weighted by Gasteiger charge is -2.27. The molecule has 0 bridgehead atoms. The number of nitrogens with zero attached hydrogens (tertiary/aromatic N) is 1. The third kappa shape index (κ3) is 4.21. The van der Waals surface area contributed by atoms with Crippen LogP contribution in [0.1, 0.15) is 56.1 Å². The first-order chi connectivity index (χ1) is 12.1. The number of aryl methyl sites for hydroxylation is 1. The molecule has 0 aromatic heterocycles. The maximum Gasteiger partial charge on any atom is 0.229 e. The summed E-state index contributed by atoms with van der Waals surface area (Å²) in [7, 11) is 0. The van der Waals surface area contributed by atoms with Crippen LogP contribution in [0.2, 0.25) is 0 Å². The average Bonchev–Trinajstić information content (AvgIpc) is 2.82. The van der Waals surface area contributed by atoms with Gasteiger partial charge in [-0.1, -0.05) is 37.8 Å². The number of aliphatic hydroxyl groups excluding tert-OH is 1. The van der Waals surface area contributed by atoms with Crippen LogP contribution in [-0.2, 0) is 16.2 Å². The van der Waals surface area contributed by atoms with E-state index in [1.54, 1.807) is 6.07 Å². The highest BCUT2D eigenvalue weighted by Gasteiger charge is 2.37. The van der Waals surface area contributed by atoms with Crippen LogP contribution in [0.5, 0.6) is 0 Å². The minimum Gasteiger partial charge on any atom is -0.392 e. The van der Waals surface area contributed by atoms with E-state index in [2.05, 4.69) is 5.32 Å². The SMILES string of the molecule is Cc1ccc(CO)cc1NC(=O)C1CC(=O)N(C2CCCCCC2)C1. The predicted octanol–water partition coefficient (Wildman–Crippen LogP) is 3.00. The Morgan fingerprint density at radius 3 is 2.64 bits per heavy atom. The molecule has 25 heavy (non-hydrogen) atoms. The van der Waals surface area contributed by atoms with Crippen molar-refractivity contribution in [3.63, 3.8) is 0 Å². The van der Waals surface area contributed by atoms with Crippen LogP contribution in [0.3, 0.4) is 0 Å². The van der Waals surface area contributed by atoms with E-state index >= 15 is 0 Å². The molecular formula is C20H28N2O3. The fourth-order valence-electron chi connectivity index (χ4n) is 3.97. The second-order valence-corrected chi connectivity index (χ2v) is 7.39. The maximum absolute atomic E-state index is 12.7. The van der Waals surface area contributed by atoms with Crippen molar-refractivity contribution in [3.05, 3.63) is 29.3 Å². The molecule has 2 N–H and O–H groups in total. The van der Waals surface area contributed by atoms with Crippen LogP contribution in [0.25, 0.3) is 0 Å². The van der Waals surface area contributed by atoms with Gasteiger partial charge >= 0.3 is 0 Å². The molecule has 1 aromatic rings. The second-order valence-electron chi connectivity index (χ2n) is 7.39. The van der Waals surface area contributed by atoms with Crippen LogP contribution in [0, 0.1) is 12.8 Å². The van der Waals surface area contributed by atoms with Gasteiger partial charge in [0, 0.05) is 24.7 Å². The van der Waals surface area contributed by atoms with Crippen LogP contribution in [-0.4, -0.2) is 34.4 Å². The quantitative estimate of drug-likeness (QED) is 0.825. The van der Waals surface area contributed by atoms with Crippen molar-refractivity contribution in [3.8, 4) is 0 Å². The van der Waals surface area contributed by atoms with Crippen LogP contribution in [0.15, 0.2) is 18.2 Å². The Morgan fingerprint density at radius 1 is 1.24 bits per heavy atom. The van der Waals surface area contributed by atoms with Gasteiger partial charge in [-0.3, -0.25) is 9.59 Å². The molecule has 1 atom stereocenters. The zero-order valence-electron chi connectivity index (χ0n) is 15.0. The lowest BCUT2D eigenvalue weighted by atomic mass is 10.1. The van der Waals surface area contributed by atoms with Crippen molar-refractivity contribution in [1.82, 2.24) is 4.90 Å². The molecule has 1 unspecified atom stereocenters. The molecule has 5 nitrogen and oxygen atoms in total. The first kappa shape index (κ1) is 17.9. The smallest absolute Gasteiger partial charge is 0.229 e. The summed E-state index contributed by atoms with van der Waals surface area (Å²) >= 11 is 0. The first-order valence-electron chi connectivity index (χ1n) is 9.39. The van der Waals surface area contributed by atoms with Gasteiger partial charge in [0.2, 0.25) is 11.8 Å². The van der Waals surface area contributed by atoms with Gasteiger partial charge in [-0.05, 0) is 37.0 Å². The average molecular weight is 344 g/mol. The number of aliphatic hydroxyl groups is 1. The van der Waals surface area contributed by atoms with E-state index in [1.165, 1.54) is 25.7 Å². The third-order valence-corrected chi connectivity index (χ3v) is 5.54. The molecule has 1 aliphatic heterocycles. The first-order valence-corrected chi connectivity index (χ1v) is 9.39. The second kappa shape index (κ2) is 8.00. The summed E-state index contributed by atoms with van der Waals surface area (Å²) in [5.74, 6) is -0.261. The number of hydrogen-bond donors (Lipinski definition) is 2. The number of hydrogen-bond acceptors (Lipinski definition) is 3. The van der Waals surface area contributed by atoms with Crippen molar-refractivity contribution >= 4 is 17.5 Å². The van der Waals surface area contributed by atoms with Gasteiger partial charge in [-0.25, -0.2) is 0 Å². The molecule has 2 amide bonds. The summed E-state index contributed by atoms with van der Waals surface area (Å²) in [6.07, 6.45) is 7.30. The topological polar surface area (TPSA) is 69.6 Å². The van der Waals surface area contributed by atoms with E-state index in [9.17, 15) is 14.7 Å². The lowest BCUT2D eigenvalue weighted by Crippen LogP contribution is -2.37. The van der Waals surface area contributed by atoms with Gasteiger partial charge in [0.25, 0.3) is 0 Å². The minimum absolute atomic E-state index is 0.0550. The van der Waals surface area contributed by atoms with Crippen LogP contribution < -0.4 is 5.32 Å². The van der Waals surface area contributed by atoms with Crippen LogP contribution in [0.4, 0.5) is 5.69 Å². The lowest BCUT2D eigenvalue weighted by molar-refractivity contribution is -0.130. The molecule has 3 rings (SSSR count). The molecule has 1 saturated carbocycles. The van der Waals surface area contributed by atoms with E-state index < -0.39 is 0 Å². The number of amides is 2. The number of rotatable bonds is 4. The highest BCUT2D eigenvalue weighted by atomic mass is 16.3. The summed E-state index contributed by atoms with van der Waals surface area (Å²) in [6.45, 7) is 2.41. The minimum atomic E-state index is -0.284. The molecule has 5 heteroatoms. The number of benzene rings is 1. The van der Waals surface area contributed by atoms with E-state index in [-0.39, 0.29) is 24.3 Å². The zero-order valence-corrected chi connectivity index (χ0v) is 15.0. The van der Waals surface area contributed by atoms with E-state index in [0.717, 1.165) is 29.7 Å². The molecule has 1 aromatic carbocycles. The molecular weight excluding hydrogens is 316 g/mol. The largest absolute Gasteiger partial charge is 0.392 e. The van der Waals surface area contributed by atoms with Gasteiger partial charge in [0.05, 0.1) is 12.5 Å². The monoisotopic (exact) mass is 344 g/mol. The Bertz CT molecular complexity index is 636. The number of likely N-dealkylation sites (tertiary alicyclic amines) is 1. The normalized spacial score (nSPS) is 22.1. The van der Waals surface area contributed by atoms with Crippen LogP contribution >= 0.6 is 0 Å². The molecule has 1 heterocycles. The van der Waals surface area contributed by atoms with Gasteiger partial charge in [0.1, 0.15) is 0 Å². The Labute approximate surface area is 149 Å². The van der Waals surface area contributed by atoms with Crippen molar-refractivity contribution in [2.24, 2.45) is 5.92 Å². The van der Waals surface area contributed by atoms with Crippen molar-refractivity contribution < 1.29 is 14.7 Å². The molecule has 0 radical (unpaired) electrons. The summed E-state index contributed by atoms with van der Waals surface area (Å²) in [6, 6.07) is 5.84. The summed E-state index contributed by atoms with van der Waals surface area (Å²) < 4.78 is 0. The highest BCUT2D eigenvalue weighted by Crippen LogP contribution is 2.29. The number of nitrogens with one attached hydrogen (secondary N) is 1. The van der Waals surface area contributed by atoms with Gasteiger partial charge in [-0.2, -0.15) is 0 Å². The molecule has 2 fully saturated rings. The van der Waals surface area contributed by atoms with E-state index in [4.69, 9.17) is 0 Å². The number of carbonyl (C=O) groups excluding carboxylic acids is 2. The fraction of sp³-hybridized carbons (Fsp3) is 0.600. The molecule has 1 aliphatic carbocycles. The standard InChI is InChI=1S/C20H28N2O3/c1-14-8-9-15(13-23)10-18(14)21-20(25)16-11-19(24)22(12-16)17-6-4-2-3-5-7-17/h8-10,16-17,23H,2-7,11-13H2,1H3,(H,21,25). The highest BCUT2D eigenvalue weighted by molar-refractivity contribution is 5.97. The molecule has 1 saturated heterocycles. The number of anilines is 1. The summed E-state index contributed by atoms with van der Waals surface area (Å²) in [5, 5.41) is 12.2. The van der Waals surface area contributed by atoms with Crippen molar-refractivity contribution in [2.45, 2.75) is 64.5 Å². The van der Waals surface area contributed by atoms with E-state index in [1.807, 2.05) is 24.0 Å². The molecule has 136 valence electrons. The predicted molar refractivity (Wildman–Crippen MR) is 97.0 cm³/mol. The van der Waals surface area contributed by atoms with Crippen molar-refractivity contribution in [2.75, 3.05) is 11.9 Å². The van der Waals surface area contributed by atoms with Gasteiger partial charge in [0.15, 0.2) is 0 Å².